The second-order valence-electron chi connectivity index (χ2n) is 12.5. The average molecular weight is 479 g/mol. The fourth-order valence-electron chi connectivity index (χ4n) is 3.00. The van der Waals surface area contributed by atoms with Crippen LogP contribution >= 0.6 is 0 Å². The van der Waals surface area contributed by atoms with E-state index >= 15 is 0 Å². The van der Waals surface area contributed by atoms with Crippen LogP contribution in [0, 0.1) is 17.8 Å². The molecule has 0 spiro atoms. The largest absolute Gasteiger partial charge is 0.416 e. The smallest absolute Gasteiger partial charge is 0.191 e. The summed E-state index contributed by atoms with van der Waals surface area (Å²) in [4.78, 5) is 0. The highest BCUT2D eigenvalue weighted by Crippen LogP contribution is 2.38. The molecule has 5 nitrogen and oxygen atoms in total. The van der Waals surface area contributed by atoms with Crippen LogP contribution in [0.3, 0.4) is 0 Å². The molecule has 0 aromatic carbocycles. The summed E-state index contributed by atoms with van der Waals surface area (Å²) >= 11 is 0. The molecule has 0 saturated carbocycles. The van der Waals surface area contributed by atoms with Crippen molar-refractivity contribution in [2.45, 2.75) is 111 Å². The number of hydrogen-bond acceptors (Lipinski definition) is 5. The van der Waals surface area contributed by atoms with Crippen LogP contribution in [0.2, 0.25) is 36.3 Å². The van der Waals surface area contributed by atoms with E-state index in [9.17, 15) is 5.11 Å². The molecule has 0 aliphatic heterocycles. The summed E-state index contributed by atoms with van der Waals surface area (Å²) in [6, 6.07) is 0. The number of aliphatic hydroxyl groups excluding tert-OH is 1. The molecule has 0 amide bonds. The number of hydrogen-bond donors (Lipinski definition) is 1. The highest BCUT2D eigenvalue weighted by Gasteiger charge is 2.40. The Labute approximate surface area is 195 Å². The molecule has 0 unspecified atom stereocenters. The van der Waals surface area contributed by atoms with Crippen molar-refractivity contribution in [2.24, 2.45) is 17.8 Å². The summed E-state index contributed by atoms with van der Waals surface area (Å²) in [7, 11) is -2.06. The SMILES string of the molecule is COCO[C@@H]([C@@H](C)[C@@H](O)[C@@H](C)CO[Si](C)(C)C(C)(C)C)[C@@H](C)CO[Si](C)(C)C(C)(C)C. The monoisotopic (exact) mass is 478 g/mol. The summed E-state index contributed by atoms with van der Waals surface area (Å²) in [5.74, 6) is 0.0971. The van der Waals surface area contributed by atoms with E-state index in [-0.39, 0.29) is 40.7 Å². The van der Waals surface area contributed by atoms with Gasteiger partial charge >= 0.3 is 0 Å². The zero-order valence-corrected chi connectivity index (χ0v) is 25.1. The third-order valence-electron chi connectivity index (χ3n) is 7.61. The van der Waals surface area contributed by atoms with E-state index in [2.05, 4.69) is 88.5 Å². The summed E-state index contributed by atoms with van der Waals surface area (Å²) in [6.07, 6.45) is -0.683. The Hall–Kier alpha value is 0.234. The highest BCUT2D eigenvalue weighted by atomic mass is 28.4. The fraction of sp³-hybridized carbons (Fsp3) is 1.00. The molecule has 1 N–H and O–H groups in total. The van der Waals surface area contributed by atoms with Gasteiger partial charge in [-0.05, 0) is 36.3 Å². The van der Waals surface area contributed by atoms with Crippen molar-refractivity contribution in [3.63, 3.8) is 0 Å². The number of rotatable bonds is 13. The molecule has 0 bridgehead atoms. The van der Waals surface area contributed by atoms with Crippen molar-refractivity contribution in [3.05, 3.63) is 0 Å². The van der Waals surface area contributed by atoms with Crippen LogP contribution in [0.15, 0.2) is 0 Å². The molecule has 0 saturated heterocycles. The summed E-state index contributed by atoms with van der Waals surface area (Å²) in [5.41, 5.74) is 0. The predicted octanol–water partition coefficient (Wildman–Crippen LogP) is 6.29. The number of ether oxygens (including phenoxy) is 2. The maximum atomic E-state index is 11.1. The molecule has 0 radical (unpaired) electrons. The second-order valence-corrected chi connectivity index (χ2v) is 22.1. The third kappa shape index (κ3) is 9.55. The molecule has 5 atom stereocenters. The first-order valence-corrected chi connectivity index (χ1v) is 17.7. The van der Waals surface area contributed by atoms with Crippen molar-refractivity contribution in [2.75, 3.05) is 27.1 Å². The van der Waals surface area contributed by atoms with Gasteiger partial charge in [-0.2, -0.15) is 0 Å². The van der Waals surface area contributed by atoms with Crippen molar-refractivity contribution in [3.8, 4) is 0 Å². The Balaban J connectivity index is 5.19. The van der Waals surface area contributed by atoms with Crippen LogP contribution in [-0.2, 0) is 18.3 Å². The zero-order valence-electron chi connectivity index (χ0n) is 23.1. The topological polar surface area (TPSA) is 57.2 Å². The minimum atomic E-state index is -1.85. The van der Waals surface area contributed by atoms with Gasteiger partial charge in [0, 0.05) is 38.1 Å². The first kappa shape index (κ1) is 31.2. The number of methoxy groups -OCH3 is 1. The van der Waals surface area contributed by atoms with Crippen molar-refractivity contribution < 1.29 is 23.4 Å². The molecular formula is C24H54O5Si2. The van der Waals surface area contributed by atoms with Gasteiger partial charge in [0.05, 0.1) is 12.2 Å². The minimum Gasteiger partial charge on any atom is -0.416 e. The van der Waals surface area contributed by atoms with Crippen molar-refractivity contribution in [1.29, 1.82) is 0 Å². The lowest BCUT2D eigenvalue weighted by molar-refractivity contribution is -0.136. The summed E-state index contributed by atoms with van der Waals surface area (Å²) in [5, 5.41) is 11.5. The van der Waals surface area contributed by atoms with Crippen LogP contribution in [0.4, 0.5) is 0 Å². The van der Waals surface area contributed by atoms with Gasteiger partial charge in [0.1, 0.15) is 6.79 Å². The maximum absolute atomic E-state index is 11.1. The Morgan fingerprint density at radius 1 is 0.742 bits per heavy atom. The van der Waals surface area contributed by atoms with E-state index in [1.807, 2.05) is 0 Å². The van der Waals surface area contributed by atoms with Gasteiger partial charge in [-0.25, -0.2) is 0 Å². The van der Waals surface area contributed by atoms with Gasteiger partial charge in [0.25, 0.3) is 0 Å². The minimum absolute atomic E-state index is 0.0197. The maximum Gasteiger partial charge on any atom is 0.191 e. The Morgan fingerprint density at radius 2 is 1.13 bits per heavy atom. The normalized spacial score (nSPS) is 19.1. The van der Waals surface area contributed by atoms with Gasteiger partial charge in [0.2, 0.25) is 0 Å². The van der Waals surface area contributed by atoms with E-state index < -0.39 is 22.7 Å². The molecule has 188 valence electrons. The van der Waals surface area contributed by atoms with Gasteiger partial charge in [-0.3, -0.25) is 0 Å². The zero-order chi connectivity index (χ0) is 24.8. The van der Waals surface area contributed by atoms with Crippen molar-refractivity contribution in [1.82, 2.24) is 0 Å². The molecule has 0 heterocycles. The van der Waals surface area contributed by atoms with Gasteiger partial charge in [-0.15, -0.1) is 0 Å². The van der Waals surface area contributed by atoms with E-state index in [0.29, 0.717) is 13.2 Å². The van der Waals surface area contributed by atoms with Crippen LogP contribution in [0.25, 0.3) is 0 Å². The molecule has 31 heavy (non-hydrogen) atoms. The molecule has 7 heteroatoms. The summed E-state index contributed by atoms with van der Waals surface area (Å²) < 4.78 is 24.1. The molecule has 0 aliphatic carbocycles. The first-order valence-electron chi connectivity index (χ1n) is 11.8. The first-order chi connectivity index (χ1) is 13.8. The summed E-state index contributed by atoms with van der Waals surface area (Å²) in [6.45, 7) is 30.2. The van der Waals surface area contributed by atoms with Gasteiger partial charge in [-0.1, -0.05) is 62.3 Å². The standard InChI is InChI=1S/C24H54O5Si2/c1-18(15-28-30(11,12)23(4,5)6)21(25)20(3)22(27-17-26-10)19(2)16-29-31(13,14)24(7,8)9/h18-22,25H,15-17H2,1-14H3/t18-,19-,20-,21-,22+/m0/s1. The van der Waals surface area contributed by atoms with Crippen molar-refractivity contribution >= 4 is 16.6 Å². The Bertz CT molecular complexity index is 511. The van der Waals surface area contributed by atoms with Crippen LogP contribution < -0.4 is 0 Å². The number of aliphatic hydroxyl groups is 1. The highest BCUT2D eigenvalue weighted by molar-refractivity contribution is 6.74. The Kier molecular flexibility index (Phi) is 12.2. The predicted molar refractivity (Wildman–Crippen MR) is 137 cm³/mol. The van der Waals surface area contributed by atoms with Crippen LogP contribution in [-0.4, -0.2) is 61.1 Å². The van der Waals surface area contributed by atoms with Crippen LogP contribution in [0.5, 0.6) is 0 Å². The van der Waals surface area contributed by atoms with E-state index in [0.717, 1.165) is 0 Å². The lowest BCUT2D eigenvalue weighted by Gasteiger charge is -2.40. The van der Waals surface area contributed by atoms with Gasteiger partial charge < -0.3 is 23.4 Å². The quantitative estimate of drug-likeness (QED) is 0.249. The average Bonchev–Trinajstić information content (AvgIpc) is 2.62. The third-order valence-corrected chi connectivity index (χ3v) is 16.6. The fourth-order valence-corrected chi connectivity index (χ4v) is 5.22. The van der Waals surface area contributed by atoms with E-state index in [1.165, 1.54) is 0 Å². The van der Waals surface area contributed by atoms with E-state index in [4.69, 9.17) is 18.3 Å². The Morgan fingerprint density at radius 3 is 1.48 bits per heavy atom. The molecule has 0 aromatic heterocycles. The molecule has 0 aliphatic rings. The van der Waals surface area contributed by atoms with E-state index in [1.54, 1.807) is 7.11 Å². The molecular weight excluding hydrogens is 424 g/mol. The van der Waals surface area contributed by atoms with Crippen LogP contribution in [0.1, 0.15) is 62.3 Å². The lowest BCUT2D eigenvalue weighted by atomic mass is 9.84. The molecule has 0 aromatic rings. The van der Waals surface area contributed by atoms with Gasteiger partial charge in [0.15, 0.2) is 16.6 Å². The molecule has 0 fully saturated rings. The second kappa shape index (κ2) is 12.1. The lowest BCUT2D eigenvalue weighted by Crippen LogP contribution is -2.47. The molecule has 0 rings (SSSR count).